The Bertz CT molecular complexity index is 558. The van der Waals surface area contributed by atoms with Crippen LogP contribution in [0.1, 0.15) is 43.8 Å². The van der Waals surface area contributed by atoms with Crippen molar-refractivity contribution < 1.29 is 9.84 Å². The molecule has 3 nitrogen and oxygen atoms in total. The molecule has 1 N–H and O–H groups in total. The molecule has 1 aliphatic heterocycles. The minimum Gasteiger partial charge on any atom is -0.388 e. The summed E-state index contributed by atoms with van der Waals surface area (Å²) in [6, 6.07) is 9.95. The highest BCUT2D eigenvalue weighted by Crippen LogP contribution is 2.27. The van der Waals surface area contributed by atoms with E-state index in [4.69, 9.17) is 4.74 Å². The molecular weight excluding hydrogens is 250 g/mol. The molecule has 2 aromatic rings. The van der Waals surface area contributed by atoms with E-state index in [1.54, 1.807) is 6.20 Å². The van der Waals surface area contributed by atoms with Gasteiger partial charge in [0.15, 0.2) is 0 Å². The van der Waals surface area contributed by atoms with Gasteiger partial charge >= 0.3 is 0 Å². The zero-order valence-corrected chi connectivity index (χ0v) is 11.7. The Kier molecular flexibility index (Phi) is 4.28. The monoisotopic (exact) mass is 271 g/mol. The number of ether oxygens (including phenoxy) is 1. The molecule has 20 heavy (non-hydrogen) atoms. The van der Waals surface area contributed by atoms with E-state index >= 15 is 0 Å². The maximum absolute atomic E-state index is 10.5. The number of hydrogen-bond donors (Lipinski definition) is 1. The molecule has 2 heterocycles. The Balaban J connectivity index is 1.70. The third kappa shape index (κ3) is 3.00. The van der Waals surface area contributed by atoms with Gasteiger partial charge in [-0.25, -0.2) is 0 Å². The highest BCUT2D eigenvalue weighted by atomic mass is 16.5. The van der Waals surface area contributed by atoms with Gasteiger partial charge in [0.1, 0.15) is 0 Å². The lowest BCUT2D eigenvalue weighted by molar-refractivity contribution is 0.00221. The first kappa shape index (κ1) is 13.5. The minimum atomic E-state index is -0.459. The van der Waals surface area contributed by atoms with Gasteiger partial charge in [0.25, 0.3) is 0 Å². The molecule has 0 amide bonds. The largest absolute Gasteiger partial charge is 0.388 e. The topological polar surface area (TPSA) is 42.4 Å². The van der Waals surface area contributed by atoms with Crippen LogP contribution in [0.5, 0.6) is 0 Å². The summed E-state index contributed by atoms with van der Waals surface area (Å²) in [6.07, 6.45) is 6.84. The summed E-state index contributed by atoms with van der Waals surface area (Å²) < 4.78 is 5.72. The summed E-state index contributed by atoms with van der Waals surface area (Å²) >= 11 is 0. The fourth-order valence-corrected chi connectivity index (χ4v) is 2.93. The standard InChI is InChI=1S/C17H21NO2/c19-16(10-9-14-7-1-2-12-20-14)15-8-3-5-13-6-4-11-18-17(13)15/h3-6,8,11,14,16,19H,1-2,7,9-10,12H2. The minimum absolute atomic E-state index is 0.321. The Morgan fingerprint density at radius 3 is 3.00 bits per heavy atom. The Labute approximate surface area is 119 Å². The molecular formula is C17H21NO2. The highest BCUT2D eigenvalue weighted by Gasteiger charge is 2.17. The number of pyridine rings is 1. The fourth-order valence-electron chi connectivity index (χ4n) is 2.93. The van der Waals surface area contributed by atoms with Crippen LogP contribution in [0.2, 0.25) is 0 Å². The smallest absolute Gasteiger partial charge is 0.0812 e. The van der Waals surface area contributed by atoms with Crippen molar-refractivity contribution in [1.82, 2.24) is 4.98 Å². The number of aliphatic hydroxyl groups excluding tert-OH is 1. The third-order valence-corrected chi connectivity index (χ3v) is 4.06. The molecule has 3 rings (SSSR count). The van der Waals surface area contributed by atoms with Crippen molar-refractivity contribution in [2.45, 2.75) is 44.3 Å². The van der Waals surface area contributed by atoms with E-state index < -0.39 is 6.10 Å². The molecule has 3 heteroatoms. The average Bonchev–Trinajstić information content (AvgIpc) is 2.53. The lowest BCUT2D eigenvalue weighted by atomic mass is 9.97. The maximum Gasteiger partial charge on any atom is 0.0812 e. The van der Waals surface area contributed by atoms with Crippen LogP contribution in [0.15, 0.2) is 36.5 Å². The molecule has 1 fully saturated rings. The summed E-state index contributed by atoms with van der Waals surface area (Å²) in [5.74, 6) is 0. The molecule has 1 aromatic heterocycles. The molecule has 0 saturated carbocycles. The Morgan fingerprint density at radius 2 is 2.15 bits per heavy atom. The van der Waals surface area contributed by atoms with Crippen molar-refractivity contribution in [2.75, 3.05) is 6.61 Å². The van der Waals surface area contributed by atoms with E-state index in [1.165, 1.54) is 12.8 Å². The number of rotatable bonds is 4. The fraction of sp³-hybridized carbons (Fsp3) is 0.471. The normalized spacial score (nSPS) is 20.9. The molecule has 2 atom stereocenters. The van der Waals surface area contributed by atoms with Crippen LogP contribution in [-0.2, 0) is 4.74 Å². The van der Waals surface area contributed by atoms with Gasteiger partial charge in [-0.1, -0.05) is 24.3 Å². The van der Waals surface area contributed by atoms with Gasteiger partial charge < -0.3 is 9.84 Å². The zero-order valence-electron chi connectivity index (χ0n) is 11.7. The number of aromatic nitrogens is 1. The van der Waals surface area contributed by atoms with E-state index in [0.29, 0.717) is 6.10 Å². The van der Waals surface area contributed by atoms with Crippen LogP contribution in [-0.4, -0.2) is 22.8 Å². The molecule has 0 spiro atoms. The number of aliphatic hydroxyl groups is 1. The number of fused-ring (bicyclic) bond motifs is 1. The Hall–Kier alpha value is -1.45. The first-order valence-electron chi connectivity index (χ1n) is 7.48. The maximum atomic E-state index is 10.5. The molecule has 2 unspecified atom stereocenters. The first-order chi connectivity index (χ1) is 9.84. The molecule has 0 aliphatic carbocycles. The van der Waals surface area contributed by atoms with Crippen LogP contribution in [0.25, 0.3) is 10.9 Å². The molecule has 0 radical (unpaired) electrons. The number of hydrogen-bond acceptors (Lipinski definition) is 3. The third-order valence-electron chi connectivity index (χ3n) is 4.06. The van der Waals surface area contributed by atoms with Gasteiger partial charge in [0, 0.05) is 23.8 Å². The van der Waals surface area contributed by atoms with Crippen LogP contribution in [0.4, 0.5) is 0 Å². The predicted molar refractivity (Wildman–Crippen MR) is 79.5 cm³/mol. The van der Waals surface area contributed by atoms with Crippen molar-refractivity contribution in [3.05, 3.63) is 42.1 Å². The number of para-hydroxylation sites is 1. The van der Waals surface area contributed by atoms with Crippen molar-refractivity contribution in [1.29, 1.82) is 0 Å². The van der Waals surface area contributed by atoms with Crippen LogP contribution < -0.4 is 0 Å². The van der Waals surface area contributed by atoms with E-state index in [-0.39, 0.29) is 0 Å². The van der Waals surface area contributed by atoms with Gasteiger partial charge in [-0.2, -0.15) is 0 Å². The molecule has 1 aromatic carbocycles. The van der Waals surface area contributed by atoms with Gasteiger partial charge in [-0.3, -0.25) is 4.98 Å². The quantitative estimate of drug-likeness (QED) is 0.923. The van der Waals surface area contributed by atoms with Crippen molar-refractivity contribution >= 4 is 10.9 Å². The van der Waals surface area contributed by atoms with Crippen LogP contribution >= 0.6 is 0 Å². The van der Waals surface area contributed by atoms with E-state index in [9.17, 15) is 5.11 Å². The van der Waals surface area contributed by atoms with Crippen LogP contribution in [0, 0.1) is 0 Å². The van der Waals surface area contributed by atoms with E-state index in [0.717, 1.165) is 42.3 Å². The molecule has 1 saturated heterocycles. The van der Waals surface area contributed by atoms with E-state index in [1.807, 2.05) is 30.3 Å². The summed E-state index contributed by atoms with van der Waals surface area (Å²) in [5.41, 5.74) is 1.84. The number of benzene rings is 1. The summed E-state index contributed by atoms with van der Waals surface area (Å²) in [5, 5.41) is 11.5. The summed E-state index contributed by atoms with van der Waals surface area (Å²) in [6.45, 7) is 0.872. The van der Waals surface area contributed by atoms with Crippen LogP contribution in [0.3, 0.4) is 0 Å². The lowest BCUT2D eigenvalue weighted by Gasteiger charge is -2.23. The summed E-state index contributed by atoms with van der Waals surface area (Å²) in [4.78, 5) is 4.41. The van der Waals surface area contributed by atoms with Crippen molar-refractivity contribution in [3.8, 4) is 0 Å². The summed E-state index contributed by atoms with van der Waals surface area (Å²) in [7, 11) is 0. The zero-order chi connectivity index (χ0) is 13.8. The predicted octanol–water partition coefficient (Wildman–Crippen LogP) is 3.62. The van der Waals surface area contributed by atoms with Crippen molar-refractivity contribution in [2.24, 2.45) is 0 Å². The second-order valence-corrected chi connectivity index (χ2v) is 5.50. The van der Waals surface area contributed by atoms with Gasteiger partial charge in [-0.15, -0.1) is 0 Å². The average molecular weight is 271 g/mol. The first-order valence-corrected chi connectivity index (χ1v) is 7.48. The van der Waals surface area contributed by atoms with Gasteiger partial charge in [0.05, 0.1) is 17.7 Å². The highest BCUT2D eigenvalue weighted by molar-refractivity contribution is 5.81. The Morgan fingerprint density at radius 1 is 1.25 bits per heavy atom. The molecule has 1 aliphatic rings. The van der Waals surface area contributed by atoms with Gasteiger partial charge in [0.2, 0.25) is 0 Å². The second kappa shape index (κ2) is 6.33. The second-order valence-electron chi connectivity index (χ2n) is 5.50. The van der Waals surface area contributed by atoms with Crippen molar-refractivity contribution in [3.63, 3.8) is 0 Å². The number of nitrogens with zero attached hydrogens (tertiary/aromatic N) is 1. The molecule has 0 bridgehead atoms. The SMILES string of the molecule is OC(CCC1CCCCO1)c1cccc2cccnc12. The van der Waals surface area contributed by atoms with E-state index in [2.05, 4.69) is 4.98 Å². The van der Waals surface area contributed by atoms with Gasteiger partial charge in [-0.05, 0) is 38.2 Å². The molecule has 106 valence electrons. The lowest BCUT2D eigenvalue weighted by Crippen LogP contribution is -2.19.